The summed E-state index contributed by atoms with van der Waals surface area (Å²) in [6, 6.07) is 18.8. The largest absolute Gasteiger partial charge is 0.488 e. The minimum atomic E-state index is -0.133. The molecule has 2 aliphatic rings. The van der Waals surface area contributed by atoms with E-state index in [4.69, 9.17) is 32.7 Å². The van der Waals surface area contributed by atoms with Crippen LogP contribution in [0.2, 0.25) is 10.0 Å². The van der Waals surface area contributed by atoms with Crippen LogP contribution >= 0.6 is 23.2 Å². The molecule has 3 aromatic rings. The van der Waals surface area contributed by atoms with Crippen molar-refractivity contribution in [2.75, 3.05) is 13.1 Å². The maximum absolute atomic E-state index is 12.8. The summed E-state index contributed by atoms with van der Waals surface area (Å²) in [5.74, 6) is 1.18. The molecule has 1 fully saturated rings. The zero-order valence-electron chi connectivity index (χ0n) is 21.9. The summed E-state index contributed by atoms with van der Waals surface area (Å²) in [5.41, 5.74) is 4.06. The van der Waals surface area contributed by atoms with Crippen molar-refractivity contribution in [3.63, 3.8) is 0 Å². The molecule has 5 rings (SSSR count). The number of carbonyl (C=O) groups is 2. The van der Waals surface area contributed by atoms with E-state index in [9.17, 15) is 9.59 Å². The summed E-state index contributed by atoms with van der Waals surface area (Å²) in [4.78, 5) is 27.8. The lowest BCUT2D eigenvalue weighted by molar-refractivity contribution is 0.0908. The molecule has 1 amide bonds. The summed E-state index contributed by atoms with van der Waals surface area (Å²) in [5, 5.41) is 3.93. The number of allylic oxidation sites excluding steroid dienone is 2. The molecule has 0 unspecified atom stereocenters. The molecule has 0 bridgehead atoms. The highest BCUT2D eigenvalue weighted by molar-refractivity contribution is 6.42. The fourth-order valence-electron chi connectivity index (χ4n) is 4.92. The second-order valence-electron chi connectivity index (χ2n) is 10.2. The van der Waals surface area contributed by atoms with E-state index >= 15 is 0 Å². The first-order valence-electron chi connectivity index (χ1n) is 13.0. The van der Waals surface area contributed by atoms with Crippen LogP contribution in [0.1, 0.15) is 58.5 Å². The number of Topliss-reactive ketones (excluding diaryl/α,β-unsaturated/α-hetero) is 1. The monoisotopic (exact) mass is 564 g/mol. The SMILES string of the molecule is CC(C)=C1Oc2cccc(OCc3cccc(CN4CCC(NC(=O)c5ccc(Cl)c(Cl)c5)CC4)c3)c2C1=O. The van der Waals surface area contributed by atoms with Crippen molar-refractivity contribution in [1.29, 1.82) is 0 Å². The summed E-state index contributed by atoms with van der Waals surface area (Å²) < 4.78 is 11.8. The molecule has 3 aromatic carbocycles. The fraction of sp³-hybridized carbons (Fsp3) is 0.290. The molecule has 202 valence electrons. The molecule has 2 aliphatic heterocycles. The highest BCUT2D eigenvalue weighted by Gasteiger charge is 2.31. The van der Waals surface area contributed by atoms with Crippen LogP contribution in [0.25, 0.3) is 0 Å². The normalized spacial score (nSPS) is 15.6. The van der Waals surface area contributed by atoms with Crippen LogP contribution in [0.4, 0.5) is 0 Å². The van der Waals surface area contributed by atoms with E-state index in [1.807, 2.05) is 38.1 Å². The van der Waals surface area contributed by atoms with E-state index in [1.165, 1.54) is 5.56 Å². The number of likely N-dealkylation sites (tertiary alicyclic amines) is 1. The van der Waals surface area contributed by atoms with E-state index in [0.29, 0.717) is 45.0 Å². The number of halogens is 2. The minimum absolute atomic E-state index is 0.120. The zero-order valence-corrected chi connectivity index (χ0v) is 23.4. The number of ketones is 1. The number of piperidine rings is 1. The summed E-state index contributed by atoms with van der Waals surface area (Å²) in [7, 11) is 0. The van der Waals surface area contributed by atoms with E-state index in [1.54, 1.807) is 24.3 Å². The quantitative estimate of drug-likeness (QED) is 0.318. The molecule has 8 heteroatoms. The Morgan fingerprint density at radius 2 is 1.74 bits per heavy atom. The van der Waals surface area contributed by atoms with Gasteiger partial charge in [-0.1, -0.05) is 53.5 Å². The van der Waals surface area contributed by atoms with Gasteiger partial charge in [0.05, 0.1) is 10.0 Å². The van der Waals surface area contributed by atoms with Crippen molar-refractivity contribution in [2.45, 2.75) is 45.9 Å². The Labute approximate surface area is 238 Å². The summed E-state index contributed by atoms with van der Waals surface area (Å²) in [6.07, 6.45) is 1.75. The van der Waals surface area contributed by atoms with Crippen LogP contribution < -0.4 is 14.8 Å². The average Bonchev–Trinajstić information content (AvgIpc) is 3.27. The van der Waals surface area contributed by atoms with Crippen LogP contribution in [0.5, 0.6) is 11.5 Å². The van der Waals surface area contributed by atoms with Crippen LogP contribution in [0, 0.1) is 0 Å². The number of hydrogen-bond donors (Lipinski definition) is 1. The first-order valence-corrected chi connectivity index (χ1v) is 13.8. The Bertz CT molecular complexity index is 1440. The lowest BCUT2D eigenvalue weighted by atomic mass is 10.0. The van der Waals surface area contributed by atoms with Crippen molar-refractivity contribution >= 4 is 34.9 Å². The smallest absolute Gasteiger partial charge is 0.251 e. The van der Waals surface area contributed by atoms with Gasteiger partial charge in [-0.05, 0) is 73.7 Å². The molecule has 1 N–H and O–H groups in total. The van der Waals surface area contributed by atoms with Gasteiger partial charge in [0.1, 0.15) is 23.7 Å². The van der Waals surface area contributed by atoms with E-state index in [2.05, 4.69) is 22.3 Å². The molecule has 0 radical (unpaired) electrons. The summed E-state index contributed by atoms with van der Waals surface area (Å²) >= 11 is 12.0. The van der Waals surface area contributed by atoms with Crippen LogP contribution in [0.15, 0.2) is 72.0 Å². The minimum Gasteiger partial charge on any atom is -0.488 e. The van der Waals surface area contributed by atoms with Gasteiger partial charge in [-0.15, -0.1) is 0 Å². The molecular formula is C31H30Cl2N2O4. The van der Waals surface area contributed by atoms with Crippen LogP contribution in [0.3, 0.4) is 0 Å². The van der Waals surface area contributed by atoms with Crippen LogP contribution in [-0.4, -0.2) is 35.7 Å². The van der Waals surface area contributed by atoms with Crippen molar-refractivity contribution in [3.05, 3.63) is 104 Å². The third kappa shape index (κ3) is 6.30. The molecule has 0 aromatic heterocycles. The molecule has 39 heavy (non-hydrogen) atoms. The molecule has 2 heterocycles. The molecule has 0 atom stereocenters. The van der Waals surface area contributed by atoms with Gasteiger partial charge in [0.25, 0.3) is 5.91 Å². The van der Waals surface area contributed by atoms with Gasteiger partial charge in [-0.2, -0.15) is 0 Å². The number of rotatable bonds is 7. The molecule has 1 saturated heterocycles. The fourth-order valence-corrected chi connectivity index (χ4v) is 5.22. The number of hydrogen-bond acceptors (Lipinski definition) is 5. The van der Waals surface area contributed by atoms with Gasteiger partial charge >= 0.3 is 0 Å². The first-order chi connectivity index (χ1) is 18.8. The molecule has 0 spiro atoms. The van der Waals surface area contributed by atoms with E-state index in [0.717, 1.165) is 43.6 Å². The van der Waals surface area contributed by atoms with Gasteiger partial charge in [0.15, 0.2) is 5.76 Å². The zero-order chi connectivity index (χ0) is 27.5. The Morgan fingerprint density at radius 1 is 1.00 bits per heavy atom. The van der Waals surface area contributed by atoms with Gasteiger partial charge in [0.2, 0.25) is 5.78 Å². The Kier molecular flexibility index (Phi) is 8.26. The summed E-state index contributed by atoms with van der Waals surface area (Å²) in [6.45, 7) is 6.67. The predicted octanol–water partition coefficient (Wildman–Crippen LogP) is 6.84. The van der Waals surface area contributed by atoms with Crippen molar-refractivity contribution < 1.29 is 19.1 Å². The number of fused-ring (bicyclic) bond motifs is 1. The predicted molar refractivity (Wildman–Crippen MR) is 153 cm³/mol. The third-order valence-corrected chi connectivity index (χ3v) is 7.72. The number of nitrogens with one attached hydrogen (secondary N) is 1. The molecular weight excluding hydrogens is 535 g/mol. The topological polar surface area (TPSA) is 67.9 Å². The molecule has 0 saturated carbocycles. The van der Waals surface area contributed by atoms with Gasteiger partial charge in [-0.3, -0.25) is 14.5 Å². The Balaban J connectivity index is 1.14. The van der Waals surface area contributed by atoms with Crippen LogP contribution in [-0.2, 0) is 13.2 Å². The lowest BCUT2D eigenvalue weighted by Crippen LogP contribution is -2.44. The number of benzene rings is 3. The van der Waals surface area contributed by atoms with Crippen molar-refractivity contribution in [2.24, 2.45) is 0 Å². The van der Waals surface area contributed by atoms with E-state index < -0.39 is 0 Å². The average molecular weight is 565 g/mol. The molecule has 6 nitrogen and oxygen atoms in total. The van der Waals surface area contributed by atoms with Crippen molar-refractivity contribution in [3.8, 4) is 11.5 Å². The highest BCUT2D eigenvalue weighted by atomic mass is 35.5. The van der Waals surface area contributed by atoms with E-state index in [-0.39, 0.29) is 17.7 Å². The Morgan fingerprint density at radius 3 is 2.49 bits per heavy atom. The second kappa shape index (κ2) is 11.8. The second-order valence-corrected chi connectivity index (χ2v) is 11.0. The van der Waals surface area contributed by atoms with Gasteiger partial charge < -0.3 is 14.8 Å². The van der Waals surface area contributed by atoms with Gasteiger partial charge in [0, 0.05) is 31.2 Å². The molecule has 0 aliphatic carbocycles. The Hall–Kier alpha value is -3.32. The number of amides is 1. The standard InChI is InChI=1S/C31H30Cl2N2O4/c1-19(2)30-29(36)28-26(7-4-8-27(28)39-30)38-18-21-6-3-5-20(15-21)17-35-13-11-23(12-14-35)34-31(37)22-9-10-24(32)25(33)16-22/h3-10,15-16,23H,11-14,17-18H2,1-2H3,(H,34,37). The van der Waals surface area contributed by atoms with Crippen molar-refractivity contribution in [1.82, 2.24) is 10.2 Å². The first kappa shape index (κ1) is 27.3. The highest BCUT2D eigenvalue weighted by Crippen LogP contribution is 2.38. The van der Waals surface area contributed by atoms with Gasteiger partial charge in [-0.25, -0.2) is 0 Å². The third-order valence-electron chi connectivity index (χ3n) is 6.98. The number of ether oxygens (including phenoxy) is 2. The number of nitrogens with zero attached hydrogens (tertiary/aromatic N) is 1. The lowest BCUT2D eigenvalue weighted by Gasteiger charge is -2.32. The maximum atomic E-state index is 12.8. The number of carbonyl (C=O) groups excluding carboxylic acids is 2. The maximum Gasteiger partial charge on any atom is 0.251 e.